The average molecular weight is 326 g/mol. The molecule has 1 amide bonds. The number of aryl methyl sites for hydroxylation is 1. The number of rotatable bonds is 7. The third kappa shape index (κ3) is 4.93. The van der Waals surface area contributed by atoms with Crippen LogP contribution >= 0.6 is 0 Å². The van der Waals surface area contributed by atoms with E-state index in [1.54, 1.807) is 11.9 Å². The average Bonchev–Trinajstić information content (AvgIpc) is 2.56. The molecule has 1 atom stereocenters. The summed E-state index contributed by atoms with van der Waals surface area (Å²) in [5.41, 5.74) is 2.67. The summed E-state index contributed by atoms with van der Waals surface area (Å²) in [6.45, 7) is 2.27. The van der Waals surface area contributed by atoms with Crippen LogP contribution < -0.4 is 5.32 Å². The van der Waals surface area contributed by atoms with Crippen molar-refractivity contribution >= 4 is 17.6 Å². The normalized spacial score (nSPS) is 12.0. The van der Waals surface area contributed by atoms with Gasteiger partial charge in [-0.25, -0.2) is 0 Å². The Morgan fingerprint density at radius 2 is 1.71 bits per heavy atom. The minimum absolute atomic E-state index is 0.0162. The molecule has 0 fully saturated rings. The second-order valence-electron chi connectivity index (χ2n) is 5.79. The van der Waals surface area contributed by atoms with Gasteiger partial charge in [0.1, 0.15) is 6.04 Å². The summed E-state index contributed by atoms with van der Waals surface area (Å²) in [6.07, 6.45) is -0.0162. The zero-order chi connectivity index (χ0) is 17.5. The Labute approximate surface area is 141 Å². The van der Waals surface area contributed by atoms with Crippen LogP contribution in [-0.2, 0) is 9.59 Å². The Balaban J connectivity index is 2.19. The van der Waals surface area contributed by atoms with E-state index in [1.807, 2.05) is 61.5 Å². The first-order valence-electron chi connectivity index (χ1n) is 7.82. The van der Waals surface area contributed by atoms with Crippen molar-refractivity contribution in [3.8, 4) is 0 Å². The van der Waals surface area contributed by atoms with Crippen LogP contribution in [0.2, 0.25) is 0 Å². The highest BCUT2D eigenvalue weighted by Crippen LogP contribution is 2.22. The molecule has 5 heteroatoms. The lowest BCUT2D eigenvalue weighted by Crippen LogP contribution is -2.36. The van der Waals surface area contributed by atoms with Gasteiger partial charge in [0.15, 0.2) is 0 Å². The van der Waals surface area contributed by atoms with Gasteiger partial charge in [0.2, 0.25) is 5.91 Å². The number of carbonyl (C=O) groups excluding carboxylic acids is 1. The Morgan fingerprint density at radius 1 is 1.08 bits per heavy atom. The van der Waals surface area contributed by atoms with Crippen molar-refractivity contribution in [3.05, 3.63) is 65.7 Å². The lowest BCUT2D eigenvalue weighted by atomic mass is 10.0. The fourth-order valence-corrected chi connectivity index (χ4v) is 2.49. The number of nitrogens with zero attached hydrogens (tertiary/aromatic N) is 1. The molecule has 2 aromatic carbocycles. The highest BCUT2D eigenvalue weighted by molar-refractivity contribution is 5.95. The molecule has 0 spiro atoms. The molecular formula is C19H22N2O3. The lowest BCUT2D eigenvalue weighted by molar-refractivity contribution is -0.138. The van der Waals surface area contributed by atoms with Gasteiger partial charge in [-0.15, -0.1) is 0 Å². The molecule has 0 radical (unpaired) electrons. The zero-order valence-corrected chi connectivity index (χ0v) is 13.9. The maximum absolute atomic E-state index is 12.8. The molecule has 0 saturated carbocycles. The van der Waals surface area contributed by atoms with Gasteiger partial charge in [0, 0.05) is 12.2 Å². The third-order valence-corrected chi connectivity index (χ3v) is 3.80. The topological polar surface area (TPSA) is 69.6 Å². The predicted molar refractivity (Wildman–Crippen MR) is 93.9 cm³/mol. The fraction of sp³-hybridized carbons (Fsp3) is 0.263. The van der Waals surface area contributed by atoms with Crippen molar-refractivity contribution in [2.45, 2.75) is 19.4 Å². The third-order valence-electron chi connectivity index (χ3n) is 3.80. The van der Waals surface area contributed by atoms with E-state index in [0.29, 0.717) is 0 Å². The van der Waals surface area contributed by atoms with Crippen LogP contribution in [0.1, 0.15) is 23.6 Å². The second kappa shape index (κ2) is 8.26. The smallest absolute Gasteiger partial charge is 0.304 e. The van der Waals surface area contributed by atoms with E-state index < -0.39 is 12.0 Å². The second-order valence-corrected chi connectivity index (χ2v) is 5.79. The quantitative estimate of drug-likeness (QED) is 0.820. The van der Waals surface area contributed by atoms with E-state index in [4.69, 9.17) is 5.11 Å². The summed E-state index contributed by atoms with van der Waals surface area (Å²) in [7, 11) is 1.76. The molecule has 0 aliphatic carbocycles. The molecule has 5 nitrogen and oxygen atoms in total. The summed E-state index contributed by atoms with van der Waals surface area (Å²) in [6, 6.07) is 16.4. The van der Waals surface area contributed by atoms with Crippen LogP contribution in [0.4, 0.5) is 5.69 Å². The molecular weight excluding hydrogens is 304 g/mol. The summed E-state index contributed by atoms with van der Waals surface area (Å²) < 4.78 is 0. The molecule has 2 N–H and O–H groups in total. The Morgan fingerprint density at radius 3 is 2.29 bits per heavy atom. The molecule has 0 bridgehead atoms. The minimum atomic E-state index is -0.882. The first-order valence-corrected chi connectivity index (χ1v) is 7.82. The van der Waals surface area contributed by atoms with Crippen molar-refractivity contribution < 1.29 is 14.7 Å². The number of anilines is 1. The number of amides is 1. The standard InChI is InChI=1S/C19H22N2O3/c1-14-8-10-16(11-9-14)20-19(24)18(15-6-4-3-5-7-15)21(2)13-12-17(22)23/h3-11,18H,12-13H2,1-2H3,(H,20,24)(H,22,23). The molecule has 24 heavy (non-hydrogen) atoms. The van der Waals surface area contributed by atoms with Gasteiger partial charge in [-0.05, 0) is 31.7 Å². The fourth-order valence-electron chi connectivity index (χ4n) is 2.49. The number of aliphatic carboxylic acids is 1. The van der Waals surface area contributed by atoms with Gasteiger partial charge in [0.05, 0.1) is 6.42 Å². The molecule has 2 aromatic rings. The molecule has 1 unspecified atom stereocenters. The monoisotopic (exact) mass is 326 g/mol. The largest absolute Gasteiger partial charge is 0.481 e. The van der Waals surface area contributed by atoms with Crippen molar-refractivity contribution in [3.63, 3.8) is 0 Å². The van der Waals surface area contributed by atoms with E-state index in [-0.39, 0.29) is 18.9 Å². The Kier molecular flexibility index (Phi) is 6.09. The highest BCUT2D eigenvalue weighted by atomic mass is 16.4. The molecule has 2 rings (SSSR count). The Hall–Kier alpha value is -2.66. The van der Waals surface area contributed by atoms with Crippen molar-refractivity contribution in [2.75, 3.05) is 18.9 Å². The van der Waals surface area contributed by atoms with Gasteiger partial charge in [-0.1, -0.05) is 48.0 Å². The summed E-state index contributed by atoms with van der Waals surface area (Å²) in [4.78, 5) is 25.4. The number of hydrogen-bond donors (Lipinski definition) is 2. The first-order chi connectivity index (χ1) is 11.5. The van der Waals surface area contributed by atoms with Gasteiger partial charge in [0.25, 0.3) is 0 Å². The number of nitrogens with one attached hydrogen (secondary N) is 1. The van der Waals surface area contributed by atoms with Crippen molar-refractivity contribution in [1.29, 1.82) is 0 Å². The van der Waals surface area contributed by atoms with Crippen molar-refractivity contribution in [2.24, 2.45) is 0 Å². The maximum atomic E-state index is 12.8. The number of carboxylic acid groups (broad SMARTS) is 1. The molecule has 0 heterocycles. The number of benzene rings is 2. The maximum Gasteiger partial charge on any atom is 0.304 e. The minimum Gasteiger partial charge on any atom is -0.481 e. The SMILES string of the molecule is Cc1ccc(NC(=O)C(c2ccccc2)N(C)CCC(=O)O)cc1. The molecule has 0 aromatic heterocycles. The van der Waals surface area contributed by atoms with Crippen LogP contribution in [0.3, 0.4) is 0 Å². The Bertz CT molecular complexity index is 684. The van der Waals surface area contributed by atoms with Gasteiger partial charge >= 0.3 is 5.97 Å². The molecule has 0 aliphatic heterocycles. The number of carboxylic acids is 1. The van der Waals surface area contributed by atoms with Crippen LogP contribution in [0.15, 0.2) is 54.6 Å². The van der Waals surface area contributed by atoms with Gasteiger partial charge < -0.3 is 10.4 Å². The van der Waals surface area contributed by atoms with Crippen LogP contribution in [0.25, 0.3) is 0 Å². The number of likely N-dealkylation sites (N-methyl/N-ethyl adjacent to an activating group) is 1. The van der Waals surface area contributed by atoms with Crippen LogP contribution in [-0.4, -0.2) is 35.5 Å². The van der Waals surface area contributed by atoms with E-state index in [0.717, 1.165) is 16.8 Å². The molecule has 0 saturated heterocycles. The zero-order valence-electron chi connectivity index (χ0n) is 13.9. The summed E-state index contributed by atoms with van der Waals surface area (Å²) in [5, 5.41) is 11.8. The summed E-state index contributed by atoms with van der Waals surface area (Å²) in [5.74, 6) is -1.06. The molecule has 0 aliphatic rings. The van der Waals surface area contributed by atoms with Gasteiger partial charge in [-0.2, -0.15) is 0 Å². The lowest BCUT2D eigenvalue weighted by Gasteiger charge is -2.27. The first kappa shape index (κ1) is 17.7. The van der Waals surface area contributed by atoms with E-state index in [9.17, 15) is 9.59 Å². The highest BCUT2D eigenvalue weighted by Gasteiger charge is 2.25. The van der Waals surface area contributed by atoms with E-state index in [2.05, 4.69) is 5.32 Å². The van der Waals surface area contributed by atoms with E-state index >= 15 is 0 Å². The number of hydrogen-bond acceptors (Lipinski definition) is 3. The molecule has 126 valence electrons. The van der Waals surface area contributed by atoms with E-state index in [1.165, 1.54) is 0 Å². The van der Waals surface area contributed by atoms with Crippen LogP contribution in [0.5, 0.6) is 0 Å². The predicted octanol–water partition coefficient (Wildman–Crippen LogP) is 3.08. The van der Waals surface area contributed by atoms with Crippen LogP contribution in [0, 0.1) is 6.92 Å². The summed E-state index contributed by atoms with van der Waals surface area (Å²) >= 11 is 0. The van der Waals surface area contributed by atoms with Crippen molar-refractivity contribution in [1.82, 2.24) is 4.90 Å². The van der Waals surface area contributed by atoms with Gasteiger partial charge in [-0.3, -0.25) is 14.5 Å². The number of carbonyl (C=O) groups is 2.